The highest BCUT2D eigenvalue weighted by atomic mass is 16.2. The van der Waals surface area contributed by atoms with Crippen LogP contribution in [0.4, 0.5) is 0 Å². The summed E-state index contributed by atoms with van der Waals surface area (Å²) in [6.07, 6.45) is 4.37. The number of carbonyl (C=O) groups is 3. The van der Waals surface area contributed by atoms with E-state index in [0.29, 0.717) is 17.0 Å². The molecule has 0 aromatic heterocycles. The fraction of sp³-hybridized carbons (Fsp3) is 0.500. The number of nitrogens with one attached hydrogen (secondary N) is 1. The van der Waals surface area contributed by atoms with Gasteiger partial charge in [-0.3, -0.25) is 19.3 Å². The fourth-order valence-corrected chi connectivity index (χ4v) is 3.51. The summed E-state index contributed by atoms with van der Waals surface area (Å²) in [7, 11) is 0. The van der Waals surface area contributed by atoms with Gasteiger partial charge in [0.25, 0.3) is 11.8 Å². The average Bonchev–Trinajstić information content (AvgIpc) is 2.81. The molecule has 1 saturated carbocycles. The Balaban J connectivity index is 1.73. The summed E-state index contributed by atoms with van der Waals surface area (Å²) in [6, 6.07) is 6.04. The first-order chi connectivity index (χ1) is 11.0. The maximum absolute atomic E-state index is 12.5. The summed E-state index contributed by atoms with van der Waals surface area (Å²) >= 11 is 0. The third-order valence-corrected chi connectivity index (χ3v) is 5.03. The molecular weight excluding hydrogens is 292 g/mol. The fourth-order valence-electron chi connectivity index (χ4n) is 3.51. The predicted octanol–water partition coefficient (Wildman–Crippen LogP) is 2.37. The van der Waals surface area contributed by atoms with Crippen molar-refractivity contribution >= 4 is 17.7 Å². The topological polar surface area (TPSA) is 66.5 Å². The number of hydrogen-bond acceptors (Lipinski definition) is 3. The van der Waals surface area contributed by atoms with Gasteiger partial charge in [0.05, 0.1) is 11.1 Å². The molecule has 1 heterocycles. The average molecular weight is 314 g/mol. The Morgan fingerprint density at radius 3 is 2.26 bits per heavy atom. The quantitative estimate of drug-likeness (QED) is 0.871. The lowest BCUT2D eigenvalue weighted by Crippen LogP contribution is -2.52. The Labute approximate surface area is 136 Å². The molecule has 1 N–H and O–H groups in total. The number of carbonyl (C=O) groups excluding carboxylic acids is 3. The number of hydrogen-bond donors (Lipinski definition) is 1. The van der Waals surface area contributed by atoms with Crippen molar-refractivity contribution in [2.24, 2.45) is 5.92 Å². The van der Waals surface area contributed by atoms with Crippen LogP contribution in [0.3, 0.4) is 0 Å². The Kier molecular flexibility index (Phi) is 4.20. The van der Waals surface area contributed by atoms with Crippen LogP contribution in [0, 0.1) is 5.92 Å². The molecule has 3 rings (SSSR count). The van der Waals surface area contributed by atoms with E-state index in [0.717, 1.165) is 24.2 Å². The van der Waals surface area contributed by atoms with Gasteiger partial charge in [-0.05, 0) is 37.8 Å². The van der Waals surface area contributed by atoms with Crippen molar-refractivity contribution < 1.29 is 14.4 Å². The van der Waals surface area contributed by atoms with Crippen LogP contribution >= 0.6 is 0 Å². The summed E-state index contributed by atoms with van der Waals surface area (Å²) in [5.41, 5.74) is 0.756. The lowest BCUT2D eigenvalue weighted by Gasteiger charge is -2.31. The van der Waals surface area contributed by atoms with Crippen LogP contribution in [0.5, 0.6) is 0 Å². The van der Waals surface area contributed by atoms with Crippen LogP contribution in [-0.2, 0) is 4.79 Å². The van der Waals surface area contributed by atoms with E-state index in [2.05, 4.69) is 12.2 Å². The maximum atomic E-state index is 12.5. The van der Waals surface area contributed by atoms with E-state index in [1.54, 1.807) is 31.2 Å². The molecule has 122 valence electrons. The molecular formula is C18H22N2O3. The van der Waals surface area contributed by atoms with E-state index >= 15 is 0 Å². The molecule has 2 aliphatic rings. The minimum atomic E-state index is -0.795. The zero-order chi connectivity index (χ0) is 16.6. The number of imide groups is 1. The van der Waals surface area contributed by atoms with E-state index in [9.17, 15) is 14.4 Å². The zero-order valence-corrected chi connectivity index (χ0v) is 13.5. The second-order valence-corrected chi connectivity index (χ2v) is 6.58. The van der Waals surface area contributed by atoms with Gasteiger partial charge in [-0.1, -0.05) is 31.9 Å². The number of fused-ring (bicyclic) bond motifs is 1. The molecule has 0 saturated heterocycles. The first-order valence-electron chi connectivity index (χ1n) is 8.28. The van der Waals surface area contributed by atoms with Crippen molar-refractivity contribution in [3.8, 4) is 0 Å². The molecule has 1 aromatic carbocycles. The van der Waals surface area contributed by atoms with E-state index in [1.807, 2.05) is 0 Å². The number of nitrogens with zero attached hydrogens (tertiary/aromatic N) is 1. The molecule has 1 aromatic rings. The van der Waals surface area contributed by atoms with Crippen molar-refractivity contribution in [2.45, 2.75) is 51.6 Å². The van der Waals surface area contributed by atoms with Gasteiger partial charge in [-0.25, -0.2) is 0 Å². The SMILES string of the molecule is C[C@H]1CCCC[C@@H]1NC(=O)[C@H](C)N1C(=O)c2ccccc2C1=O. The first-order valence-corrected chi connectivity index (χ1v) is 8.28. The molecule has 1 aliphatic heterocycles. The van der Waals surface area contributed by atoms with Crippen molar-refractivity contribution in [3.05, 3.63) is 35.4 Å². The van der Waals surface area contributed by atoms with Crippen molar-refractivity contribution in [3.63, 3.8) is 0 Å². The molecule has 1 fully saturated rings. The highest BCUT2D eigenvalue weighted by molar-refractivity contribution is 6.22. The second kappa shape index (κ2) is 6.14. The summed E-state index contributed by atoms with van der Waals surface area (Å²) in [4.78, 5) is 38.5. The van der Waals surface area contributed by atoms with Crippen LogP contribution in [0.1, 0.15) is 60.2 Å². The summed E-state index contributed by atoms with van der Waals surface area (Å²) in [6.45, 7) is 3.75. The Morgan fingerprint density at radius 2 is 1.70 bits per heavy atom. The number of rotatable bonds is 3. The van der Waals surface area contributed by atoms with E-state index in [1.165, 1.54) is 6.42 Å². The number of benzene rings is 1. The molecule has 1 aliphatic carbocycles. The van der Waals surface area contributed by atoms with Gasteiger partial charge in [0.15, 0.2) is 0 Å². The smallest absolute Gasteiger partial charge is 0.262 e. The minimum Gasteiger partial charge on any atom is -0.351 e. The Morgan fingerprint density at radius 1 is 1.13 bits per heavy atom. The van der Waals surface area contributed by atoms with E-state index in [-0.39, 0.29) is 23.8 Å². The van der Waals surface area contributed by atoms with Crippen molar-refractivity contribution in [1.29, 1.82) is 0 Å². The van der Waals surface area contributed by atoms with Gasteiger partial charge in [-0.15, -0.1) is 0 Å². The van der Waals surface area contributed by atoms with Gasteiger partial charge < -0.3 is 5.32 Å². The van der Waals surface area contributed by atoms with E-state index in [4.69, 9.17) is 0 Å². The minimum absolute atomic E-state index is 0.133. The molecule has 0 unspecified atom stereocenters. The monoisotopic (exact) mass is 314 g/mol. The molecule has 3 amide bonds. The van der Waals surface area contributed by atoms with Gasteiger partial charge in [0.2, 0.25) is 5.91 Å². The Bertz CT molecular complexity index is 620. The van der Waals surface area contributed by atoms with Crippen LogP contribution < -0.4 is 5.32 Å². The summed E-state index contributed by atoms with van der Waals surface area (Å²) in [5, 5.41) is 3.03. The van der Waals surface area contributed by atoms with Crippen molar-refractivity contribution in [1.82, 2.24) is 10.2 Å². The van der Waals surface area contributed by atoms with Gasteiger partial charge in [0.1, 0.15) is 6.04 Å². The van der Waals surface area contributed by atoms with Crippen LogP contribution in [0.2, 0.25) is 0 Å². The molecule has 5 heteroatoms. The van der Waals surface area contributed by atoms with E-state index < -0.39 is 6.04 Å². The summed E-state index contributed by atoms with van der Waals surface area (Å²) < 4.78 is 0. The maximum Gasteiger partial charge on any atom is 0.262 e. The van der Waals surface area contributed by atoms with Gasteiger partial charge in [0, 0.05) is 6.04 Å². The molecule has 23 heavy (non-hydrogen) atoms. The first kappa shape index (κ1) is 15.7. The highest BCUT2D eigenvalue weighted by Crippen LogP contribution is 2.26. The third kappa shape index (κ3) is 2.76. The van der Waals surface area contributed by atoms with Crippen LogP contribution in [0.15, 0.2) is 24.3 Å². The third-order valence-electron chi connectivity index (χ3n) is 5.03. The van der Waals surface area contributed by atoms with Gasteiger partial charge >= 0.3 is 0 Å². The Hall–Kier alpha value is -2.17. The molecule has 0 spiro atoms. The zero-order valence-electron chi connectivity index (χ0n) is 13.5. The summed E-state index contributed by atoms with van der Waals surface area (Å²) in [5.74, 6) is -0.588. The molecule has 0 bridgehead atoms. The highest BCUT2D eigenvalue weighted by Gasteiger charge is 2.41. The molecule has 0 radical (unpaired) electrons. The van der Waals surface area contributed by atoms with Gasteiger partial charge in [-0.2, -0.15) is 0 Å². The predicted molar refractivity (Wildman–Crippen MR) is 86.0 cm³/mol. The lowest BCUT2D eigenvalue weighted by atomic mass is 9.86. The number of amides is 3. The van der Waals surface area contributed by atoms with Crippen LogP contribution in [-0.4, -0.2) is 34.7 Å². The van der Waals surface area contributed by atoms with Crippen LogP contribution in [0.25, 0.3) is 0 Å². The second-order valence-electron chi connectivity index (χ2n) is 6.58. The normalized spacial score (nSPS) is 25.2. The molecule has 3 atom stereocenters. The standard InChI is InChI=1S/C18H22N2O3/c1-11-7-3-6-10-15(11)19-16(21)12(2)20-17(22)13-8-4-5-9-14(13)18(20)23/h4-5,8-9,11-12,15H,3,6-7,10H2,1-2H3,(H,19,21)/t11-,12-,15-/m0/s1. The van der Waals surface area contributed by atoms with Crippen molar-refractivity contribution in [2.75, 3.05) is 0 Å². The lowest BCUT2D eigenvalue weighted by molar-refractivity contribution is -0.125. The molecule has 5 nitrogen and oxygen atoms in total. The largest absolute Gasteiger partial charge is 0.351 e.